The number of hydrogen-bond acceptors (Lipinski definition) is 2. The van der Waals surface area contributed by atoms with Crippen molar-refractivity contribution < 1.29 is 4.79 Å². The Morgan fingerprint density at radius 2 is 1.87 bits per heavy atom. The lowest BCUT2D eigenvalue weighted by molar-refractivity contribution is 0.0989. The van der Waals surface area contributed by atoms with Crippen molar-refractivity contribution in [2.75, 3.05) is 0 Å². The van der Waals surface area contributed by atoms with E-state index < -0.39 is 0 Å². The minimum Gasteiger partial charge on any atom is -0.294 e. The summed E-state index contributed by atoms with van der Waals surface area (Å²) in [6.45, 7) is 5.85. The summed E-state index contributed by atoms with van der Waals surface area (Å²) in [7, 11) is 0. The van der Waals surface area contributed by atoms with Crippen molar-refractivity contribution in [3.63, 3.8) is 0 Å². The highest BCUT2D eigenvalue weighted by Gasteiger charge is 2.14. The van der Waals surface area contributed by atoms with Crippen LogP contribution in [0.5, 0.6) is 0 Å². The molecule has 3 rings (SSSR count). The first kappa shape index (κ1) is 15.7. The number of carbonyl (C=O) groups excluding carboxylic acids is 1. The Balaban J connectivity index is 2.35. The minimum absolute atomic E-state index is 0.144. The summed E-state index contributed by atoms with van der Waals surface area (Å²) in [6, 6.07) is 13.7. The zero-order valence-electron chi connectivity index (χ0n) is 13.5. The molecule has 0 spiro atoms. The number of ketones is 1. The first-order valence-corrected chi connectivity index (χ1v) is 8.09. The number of hydrogen-bond donors (Lipinski definition) is 0. The molecule has 0 unspecified atom stereocenters. The van der Waals surface area contributed by atoms with Gasteiger partial charge in [-0.15, -0.1) is 0 Å². The Morgan fingerprint density at radius 1 is 1.09 bits per heavy atom. The highest BCUT2D eigenvalue weighted by molar-refractivity contribution is 6.30. The maximum Gasteiger partial charge on any atom is 0.163 e. The number of fused-ring (bicyclic) bond motifs is 1. The lowest BCUT2D eigenvalue weighted by Gasteiger charge is -2.12. The molecule has 116 valence electrons. The van der Waals surface area contributed by atoms with Gasteiger partial charge in [0, 0.05) is 33.7 Å². The van der Waals surface area contributed by atoms with E-state index in [0.717, 1.165) is 43.9 Å². The average molecular weight is 324 g/mol. The van der Waals surface area contributed by atoms with E-state index in [0.29, 0.717) is 6.42 Å². The summed E-state index contributed by atoms with van der Waals surface area (Å²) in [5.74, 6) is 0.144. The molecule has 0 aliphatic heterocycles. The fraction of sp³-hybridized carbons (Fsp3) is 0.200. The minimum atomic E-state index is 0.144. The van der Waals surface area contributed by atoms with Crippen molar-refractivity contribution >= 4 is 28.3 Å². The maximum atomic E-state index is 12.3. The largest absolute Gasteiger partial charge is 0.294 e. The van der Waals surface area contributed by atoms with Crippen LogP contribution in [0.4, 0.5) is 0 Å². The van der Waals surface area contributed by atoms with Gasteiger partial charge in [0.15, 0.2) is 5.78 Å². The number of benzene rings is 2. The summed E-state index contributed by atoms with van der Waals surface area (Å²) >= 11 is 6.07. The molecule has 0 aliphatic carbocycles. The smallest absolute Gasteiger partial charge is 0.163 e. The first-order chi connectivity index (χ1) is 11.0. The van der Waals surface area contributed by atoms with Gasteiger partial charge in [0.05, 0.1) is 5.52 Å². The van der Waals surface area contributed by atoms with Crippen LogP contribution in [0.25, 0.3) is 22.0 Å². The second-order valence-electron chi connectivity index (χ2n) is 5.75. The molecule has 23 heavy (non-hydrogen) atoms. The van der Waals surface area contributed by atoms with Crippen LogP contribution >= 0.6 is 11.6 Å². The van der Waals surface area contributed by atoms with E-state index in [2.05, 4.69) is 0 Å². The Kier molecular flexibility index (Phi) is 4.18. The van der Waals surface area contributed by atoms with Crippen molar-refractivity contribution in [1.29, 1.82) is 0 Å². The van der Waals surface area contributed by atoms with Gasteiger partial charge < -0.3 is 0 Å². The van der Waals surface area contributed by atoms with Gasteiger partial charge in [-0.3, -0.25) is 9.78 Å². The van der Waals surface area contributed by atoms with E-state index in [1.807, 2.05) is 63.2 Å². The zero-order chi connectivity index (χ0) is 16.6. The average Bonchev–Trinajstić information content (AvgIpc) is 2.53. The van der Waals surface area contributed by atoms with Crippen LogP contribution in [0.15, 0.2) is 42.5 Å². The first-order valence-electron chi connectivity index (χ1n) is 7.71. The highest BCUT2D eigenvalue weighted by atomic mass is 35.5. The van der Waals surface area contributed by atoms with Crippen LogP contribution in [0.1, 0.15) is 35.0 Å². The number of rotatable bonds is 3. The van der Waals surface area contributed by atoms with Crippen LogP contribution in [0.2, 0.25) is 5.02 Å². The van der Waals surface area contributed by atoms with Crippen molar-refractivity contribution in [2.24, 2.45) is 0 Å². The van der Waals surface area contributed by atoms with Gasteiger partial charge in [0.1, 0.15) is 0 Å². The monoisotopic (exact) mass is 323 g/mol. The molecule has 0 N–H and O–H groups in total. The van der Waals surface area contributed by atoms with Gasteiger partial charge in [-0.1, -0.05) is 42.8 Å². The van der Waals surface area contributed by atoms with Crippen molar-refractivity contribution in [1.82, 2.24) is 4.98 Å². The van der Waals surface area contributed by atoms with Crippen LogP contribution in [0, 0.1) is 13.8 Å². The van der Waals surface area contributed by atoms with Gasteiger partial charge in [0.2, 0.25) is 0 Å². The lowest BCUT2D eigenvalue weighted by Crippen LogP contribution is -2.01. The molecule has 0 radical (unpaired) electrons. The Morgan fingerprint density at radius 3 is 2.57 bits per heavy atom. The molecule has 2 aromatic carbocycles. The van der Waals surface area contributed by atoms with E-state index in [-0.39, 0.29) is 5.78 Å². The quantitative estimate of drug-likeness (QED) is 0.573. The van der Waals surface area contributed by atoms with Gasteiger partial charge >= 0.3 is 0 Å². The third-order valence-electron chi connectivity index (χ3n) is 4.07. The number of carbonyl (C=O) groups is 1. The number of para-hydroxylation sites is 1. The number of aromatic nitrogens is 1. The number of aryl methyl sites for hydroxylation is 2. The zero-order valence-corrected chi connectivity index (χ0v) is 14.2. The maximum absolute atomic E-state index is 12.3. The topological polar surface area (TPSA) is 30.0 Å². The molecular weight excluding hydrogens is 306 g/mol. The highest BCUT2D eigenvalue weighted by Crippen LogP contribution is 2.33. The Labute approximate surface area is 141 Å². The van der Waals surface area contributed by atoms with Crippen molar-refractivity contribution in [3.8, 4) is 11.1 Å². The molecule has 0 amide bonds. The van der Waals surface area contributed by atoms with E-state index >= 15 is 0 Å². The fourth-order valence-corrected chi connectivity index (χ4v) is 3.17. The van der Waals surface area contributed by atoms with Gasteiger partial charge in [-0.05, 0) is 43.2 Å². The van der Waals surface area contributed by atoms with E-state index in [4.69, 9.17) is 16.6 Å². The predicted octanol–water partition coefficient (Wildman–Crippen LogP) is 5.76. The molecular formula is C20H18ClNO. The van der Waals surface area contributed by atoms with Gasteiger partial charge in [-0.25, -0.2) is 0 Å². The summed E-state index contributed by atoms with van der Waals surface area (Å²) in [4.78, 5) is 17.0. The van der Waals surface area contributed by atoms with Gasteiger partial charge in [-0.2, -0.15) is 0 Å². The summed E-state index contributed by atoms with van der Waals surface area (Å²) < 4.78 is 0. The standard InChI is InChI=1S/C20H18ClNO/c1-4-19(23)18-11-13(3)22-20-16(6-5-7-17(18)20)15-9-8-14(21)10-12(15)2/h5-11H,4H2,1-3H3. The molecule has 0 fully saturated rings. The molecule has 3 heteroatoms. The predicted molar refractivity (Wildman–Crippen MR) is 96.3 cm³/mol. The molecule has 0 bridgehead atoms. The van der Waals surface area contributed by atoms with Crippen molar-refractivity contribution in [2.45, 2.75) is 27.2 Å². The lowest BCUT2D eigenvalue weighted by atomic mass is 9.95. The molecule has 0 saturated carbocycles. The molecule has 0 atom stereocenters. The molecule has 2 nitrogen and oxygen atoms in total. The van der Waals surface area contributed by atoms with Crippen molar-refractivity contribution in [3.05, 3.63) is 64.3 Å². The third kappa shape index (κ3) is 2.87. The molecule has 0 aliphatic rings. The van der Waals surface area contributed by atoms with Crippen LogP contribution < -0.4 is 0 Å². The van der Waals surface area contributed by atoms with E-state index in [1.165, 1.54) is 0 Å². The molecule has 1 aromatic heterocycles. The third-order valence-corrected chi connectivity index (χ3v) is 4.30. The number of nitrogens with zero attached hydrogens (tertiary/aromatic N) is 1. The van der Waals surface area contributed by atoms with Crippen LogP contribution in [0.3, 0.4) is 0 Å². The molecule has 1 heterocycles. The van der Waals surface area contributed by atoms with Crippen LogP contribution in [-0.4, -0.2) is 10.8 Å². The van der Waals surface area contributed by atoms with E-state index in [9.17, 15) is 4.79 Å². The normalized spacial score (nSPS) is 11.0. The SMILES string of the molecule is CCC(=O)c1cc(C)nc2c(-c3ccc(Cl)cc3C)cccc12. The van der Waals surface area contributed by atoms with Crippen LogP contribution in [-0.2, 0) is 0 Å². The number of Topliss-reactive ketones (excluding diaryl/α,β-unsaturated/α-hetero) is 1. The number of pyridine rings is 1. The summed E-state index contributed by atoms with van der Waals surface area (Å²) in [6.07, 6.45) is 0.489. The fourth-order valence-electron chi connectivity index (χ4n) is 2.94. The van der Waals surface area contributed by atoms with E-state index in [1.54, 1.807) is 0 Å². The molecule has 3 aromatic rings. The summed E-state index contributed by atoms with van der Waals surface area (Å²) in [5.41, 5.74) is 5.70. The number of halogens is 1. The second kappa shape index (κ2) is 6.13. The Bertz CT molecular complexity index is 915. The second-order valence-corrected chi connectivity index (χ2v) is 6.19. The van der Waals surface area contributed by atoms with Gasteiger partial charge in [0.25, 0.3) is 0 Å². The Hall–Kier alpha value is -2.19. The molecule has 0 saturated heterocycles. The summed E-state index contributed by atoms with van der Waals surface area (Å²) in [5, 5.41) is 1.63.